The first-order valence-electron chi connectivity index (χ1n) is 18.8. The van der Waals surface area contributed by atoms with Crippen molar-refractivity contribution < 1.29 is 57.0 Å². The normalized spacial score (nSPS) is 18.4. The van der Waals surface area contributed by atoms with E-state index >= 15 is 0 Å². The number of nitrogens with zero attached hydrogens (tertiary/aromatic N) is 1. The lowest BCUT2D eigenvalue weighted by atomic mass is 9.77. The van der Waals surface area contributed by atoms with Crippen LogP contribution in [0.25, 0.3) is 0 Å². The van der Waals surface area contributed by atoms with Gasteiger partial charge in [-0.3, -0.25) is 9.69 Å². The molecule has 1 rings (SSSR count). The molecule has 0 saturated carbocycles. The van der Waals surface area contributed by atoms with Crippen LogP contribution in [0.2, 0.25) is 0 Å². The van der Waals surface area contributed by atoms with Crippen molar-refractivity contribution in [2.24, 2.45) is 11.3 Å². The fourth-order valence-electron chi connectivity index (χ4n) is 4.98. The Balaban J connectivity index is 2.12. The third kappa shape index (κ3) is 29.3. The largest absolute Gasteiger partial charge is 0.379 e. The number of carbonyl (C=O) groups is 3. The van der Waals surface area contributed by atoms with Gasteiger partial charge >= 0.3 is 0 Å². The molecule has 2 atom stereocenters. The van der Waals surface area contributed by atoms with Gasteiger partial charge in [-0.2, -0.15) is 0 Å². The van der Waals surface area contributed by atoms with Crippen LogP contribution in [0.4, 0.5) is 0 Å². The average molecular weight is 733 g/mol. The van der Waals surface area contributed by atoms with Crippen molar-refractivity contribution in [3.8, 4) is 0 Å². The first-order chi connectivity index (χ1) is 25.0. The summed E-state index contributed by atoms with van der Waals surface area (Å²) >= 11 is 0. The van der Waals surface area contributed by atoms with E-state index in [-0.39, 0.29) is 11.3 Å². The van der Waals surface area contributed by atoms with Crippen molar-refractivity contribution in [2.75, 3.05) is 145 Å². The maximum absolute atomic E-state index is 12.8. The van der Waals surface area contributed by atoms with E-state index in [0.717, 1.165) is 57.9 Å². The molecule has 298 valence electrons. The molecule has 1 N–H and O–H groups in total. The van der Waals surface area contributed by atoms with Gasteiger partial charge < -0.3 is 57.5 Å². The van der Waals surface area contributed by atoms with Crippen LogP contribution >= 0.6 is 0 Å². The predicted octanol–water partition coefficient (Wildman–Crippen LogP) is 2.50. The second kappa shape index (κ2) is 35.2. The smallest absolute Gasteiger partial charge is 0.226 e. The molecule has 0 aliphatic heterocycles. The number of nitrogens with one attached hydrogen (secondary N) is 1. The zero-order valence-corrected chi connectivity index (χ0v) is 31.5. The maximum atomic E-state index is 12.8. The minimum Gasteiger partial charge on any atom is -0.379 e. The number of aldehydes is 2. The lowest BCUT2D eigenvalue weighted by molar-refractivity contribution is -0.131. The van der Waals surface area contributed by atoms with Crippen LogP contribution < -0.4 is 5.32 Å². The lowest BCUT2D eigenvalue weighted by Gasteiger charge is -2.30. The molecule has 0 radical (unpaired) electrons. The summed E-state index contributed by atoms with van der Waals surface area (Å²) in [4.78, 5) is 35.6. The second-order valence-electron chi connectivity index (χ2n) is 12.6. The van der Waals surface area contributed by atoms with Gasteiger partial charge in [0, 0.05) is 44.4 Å². The Morgan fingerprint density at radius 2 is 1.02 bits per heavy atom. The third-order valence-corrected chi connectivity index (χ3v) is 8.21. The summed E-state index contributed by atoms with van der Waals surface area (Å²) < 4.78 is 50.1. The van der Waals surface area contributed by atoms with Gasteiger partial charge in [0.15, 0.2) is 0 Å². The second-order valence-corrected chi connectivity index (χ2v) is 12.6. The van der Waals surface area contributed by atoms with Gasteiger partial charge in [-0.15, -0.1) is 0 Å². The van der Waals surface area contributed by atoms with Crippen LogP contribution in [0.3, 0.4) is 0 Å². The molecule has 0 saturated heterocycles. The molecule has 0 aromatic heterocycles. The lowest BCUT2D eigenvalue weighted by Crippen LogP contribution is -2.41. The van der Waals surface area contributed by atoms with Crippen molar-refractivity contribution in [1.82, 2.24) is 10.2 Å². The van der Waals surface area contributed by atoms with E-state index in [1.807, 2.05) is 0 Å². The molecule has 1 amide bonds. The van der Waals surface area contributed by atoms with Crippen LogP contribution in [-0.2, 0) is 57.0 Å². The molecular formula is C37H68N2O12. The van der Waals surface area contributed by atoms with E-state index < -0.39 is 0 Å². The van der Waals surface area contributed by atoms with Crippen LogP contribution in [0.15, 0.2) is 12.2 Å². The highest BCUT2D eigenvalue weighted by atomic mass is 16.6. The minimum atomic E-state index is -0.322. The summed E-state index contributed by atoms with van der Waals surface area (Å²) in [6.07, 6.45) is 10.7. The zero-order valence-electron chi connectivity index (χ0n) is 31.5. The number of hydrogen-bond acceptors (Lipinski definition) is 13. The van der Waals surface area contributed by atoms with E-state index in [9.17, 15) is 14.4 Å². The van der Waals surface area contributed by atoms with Gasteiger partial charge in [0.05, 0.1) is 119 Å². The molecule has 0 aromatic carbocycles. The van der Waals surface area contributed by atoms with Crippen molar-refractivity contribution >= 4 is 18.5 Å². The SMILES string of the molecule is CC1/C=C/CCC(C)(C(=O)NCCOCCOCCOCCN(CCOCCOCCOCCC=O)CCOCCOCCOCCC=O)CC1. The minimum absolute atomic E-state index is 0.118. The van der Waals surface area contributed by atoms with Crippen molar-refractivity contribution in [1.29, 1.82) is 0 Å². The van der Waals surface area contributed by atoms with E-state index in [2.05, 4.69) is 36.2 Å². The van der Waals surface area contributed by atoms with E-state index in [4.69, 9.17) is 42.6 Å². The molecule has 0 heterocycles. The summed E-state index contributed by atoms with van der Waals surface area (Å²) in [6.45, 7) is 15.5. The van der Waals surface area contributed by atoms with Crippen molar-refractivity contribution in [3.05, 3.63) is 12.2 Å². The molecule has 0 aromatic rings. The highest BCUT2D eigenvalue weighted by Gasteiger charge is 2.32. The number of rotatable bonds is 37. The van der Waals surface area contributed by atoms with E-state index in [0.29, 0.717) is 144 Å². The monoisotopic (exact) mass is 732 g/mol. The quantitative estimate of drug-likeness (QED) is 0.0567. The van der Waals surface area contributed by atoms with Gasteiger partial charge in [0.25, 0.3) is 0 Å². The topological polar surface area (TPSA) is 150 Å². The van der Waals surface area contributed by atoms with Gasteiger partial charge in [0.2, 0.25) is 5.91 Å². The van der Waals surface area contributed by atoms with E-state index in [1.54, 1.807) is 0 Å². The average Bonchev–Trinajstić information content (AvgIpc) is 3.13. The first-order valence-corrected chi connectivity index (χ1v) is 18.8. The van der Waals surface area contributed by atoms with Gasteiger partial charge in [-0.05, 0) is 31.6 Å². The molecule has 2 unspecified atom stereocenters. The molecule has 51 heavy (non-hydrogen) atoms. The Bertz CT molecular complexity index is 822. The summed E-state index contributed by atoms with van der Waals surface area (Å²) in [6, 6.07) is 0. The Hall–Kier alpha value is -1.85. The molecule has 0 bridgehead atoms. The fourth-order valence-corrected chi connectivity index (χ4v) is 4.98. The standard InChI is InChI=1S/C37H68N2O12/c1-35-7-3-4-9-37(2,10-8-35)36(42)38-11-19-45-25-31-51-34-28-48-22-14-39(12-20-46-26-32-49-29-23-43-17-5-15-40)13-21-47-27-33-50-30-24-44-18-6-16-41/h3,7,15-16,35H,4-6,8-14,17-34H2,1-2H3,(H,38,42)/b7-3+. The summed E-state index contributed by atoms with van der Waals surface area (Å²) in [7, 11) is 0. The maximum Gasteiger partial charge on any atom is 0.226 e. The highest BCUT2D eigenvalue weighted by molar-refractivity contribution is 5.82. The molecular weight excluding hydrogens is 664 g/mol. The number of amides is 1. The Labute approximate surface area is 306 Å². The molecule has 0 fully saturated rings. The Morgan fingerprint density at radius 1 is 0.627 bits per heavy atom. The highest BCUT2D eigenvalue weighted by Crippen LogP contribution is 2.33. The number of allylic oxidation sites excluding steroid dienone is 2. The van der Waals surface area contributed by atoms with E-state index in [1.165, 1.54) is 0 Å². The van der Waals surface area contributed by atoms with Crippen molar-refractivity contribution in [2.45, 2.75) is 52.4 Å². The Kier molecular flexibility index (Phi) is 32.6. The van der Waals surface area contributed by atoms with Crippen LogP contribution in [0.1, 0.15) is 52.4 Å². The van der Waals surface area contributed by atoms with Gasteiger partial charge in [-0.1, -0.05) is 26.0 Å². The van der Waals surface area contributed by atoms with Crippen LogP contribution in [-0.4, -0.2) is 168 Å². The van der Waals surface area contributed by atoms with Gasteiger partial charge in [-0.25, -0.2) is 0 Å². The number of carbonyl (C=O) groups excluding carboxylic acids is 3. The van der Waals surface area contributed by atoms with Gasteiger partial charge in [0.1, 0.15) is 12.6 Å². The van der Waals surface area contributed by atoms with Crippen LogP contribution in [0, 0.1) is 11.3 Å². The Morgan fingerprint density at radius 3 is 1.45 bits per heavy atom. The molecule has 1 aliphatic rings. The van der Waals surface area contributed by atoms with Crippen molar-refractivity contribution in [3.63, 3.8) is 0 Å². The zero-order chi connectivity index (χ0) is 36.9. The number of ether oxygens (including phenoxy) is 9. The molecule has 0 spiro atoms. The summed E-state index contributed by atoms with van der Waals surface area (Å²) in [5.74, 6) is 0.635. The predicted molar refractivity (Wildman–Crippen MR) is 193 cm³/mol. The fraction of sp³-hybridized carbons (Fsp3) is 0.865. The summed E-state index contributed by atoms with van der Waals surface area (Å²) in [5.41, 5.74) is -0.322. The number of hydrogen-bond donors (Lipinski definition) is 1. The molecule has 14 nitrogen and oxygen atoms in total. The molecule has 1 aliphatic carbocycles. The van der Waals surface area contributed by atoms with Crippen LogP contribution in [0.5, 0.6) is 0 Å². The first kappa shape index (κ1) is 47.2. The molecule has 14 heteroatoms. The third-order valence-electron chi connectivity index (χ3n) is 8.21. The summed E-state index contributed by atoms with van der Waals surface area (Å²) in [5, 5.41) is 3.05.